The molecule has 7 aromatic heterocycles. The van der Waals surface area contributed by atoms with E-state index >= 15 is 0 Å². The molecular formula is C138H91N7. The molecule has 23 aromatic carbocycles. The van der Waals surface area contributed by atoms with E-state index in [0.717, 1.165) is 22.7 Å². The van der Waals surface area contributed by atoms with Crippen LogP contribution >= 0.6 is 0 Å². The van der Waals surface area contributed by atoms with E-state index in [2.05, 4.69) is 584 Å². The highest BCUT2D eigenvalue weighted by Gasteiger charge is 2.26. The number of rotatable bonds is 13. The first-order chi connectivity index (χ1) is 72.0. The van der Waals surface area contributed by atoms with Crippen molar-refractivity contribution in [2.45, 2.75) is 0 Å². The van der Waals surface area contributed by atoms with Gasteiger partial charge in [0, 0.05) is 115 Å². The molecule has 0 aliphatic heterocycles. The number of fused-ring (bicyclic) bond motifs is 23. The van der Waals surface area contributed by atoms with Crippen molar-refractivity contribution in [3.63, 3.8) is 0 Å². The van der Waals surface area contributed by atoms with Crippen molar-refractivity contribution in [3.05, 3.63) is 552 Å². The first-order valence-corrected chi connectivity index (χ1v) is 49.8. The van der Waals surface area contributed by atoms with Gasteiger partial charge in [0.05, 0.1) is 77.2 Å². The summed E-state index contributed by atoms with van der Waals surface area (Å²) in [5.74, 6) is 0. The Hall–Kier alpha value is -19.3. The van der Waals surface area contributed by atoms with Crippen LogP contribution in [-0.2, 0) is 0 Å². The second-order valence-electron chi connectivity index (χ2n) is 37.7. The average molecular weight is 1850 g/mol. The predicted octanol–water partition coefficient (Wildman–Crippen LogP) is 36.7. The Kier molecular flexibility index (Phi) is 20.2. The van der Waals surface area contributed by atoms with Gasteiger partial charge in [-0.2, -0.15) is 0 Å². The number of nitrogens with zero attached hydrogens (tertiary/aromatic N) is 7. The topological polar surface area (TPSA) is 34.5 Å². The first kappa shape index (κ1) is 83.8. The molecule has 0 atom stereocenters. The highest BCUT2D eigenvalue weighted by Crippen LogP contribution is 2.48. The minimum absolute atomic E-state index is 1.16. The van der Waals surface area contributed by atoms with Gasteiger partial charge in [0.1, 0.15) is 0 Å². The summed E-state index contributed by atoms with van der Waals surface area (Å²) in [6.45, 7) is 0. The zero-order chi connectivity index (χ0) is 95.5. The SMILES string of the molecule is c1ccc(-c2ccc(-c3ccc(-n4c5ccccc5c5c6c7ccccc7n(-c7ccccc7)c6ccc54)cc3)cc2)cc1.c1ccc(-c2ccc(-n3c4ccccc4c4c5c6ccccc6n(-c6ccc(-c7ccccc7)cc6)c5ccc43)cc2)cc1.c1ccc(-n2c3ccccc3c3cc(-c4ccc5c(c4)c4cc(-c6ccc7c(c6)c6ccccc6n7-c6ccccc6)ccc4n5-c4ccccc4)ccc32)cc1. The highest BCUT2D eigenvalue weighted by atomic mass is 15.0. The van der Waals surface area contributed by atoms with E-state index in [4.69, 9.17) is 0 Å². The van der Waals surface area contributed by atoms with Crippen molar-refractivity contribution in [1.82, 2.24) is 32.0 Å². The van der Waals surface area contributed by atoms with Crippen LogP contribution in [0.4, 0.5) is 0 Å². The van der Waals surface area contributed by atoms with Crippen molar-refractivity contribution in [2.75, 3.05) is 0 Å². The van der Waals surface area contributed by atoms with Gasteiger partial charge in [-0.3, -0.25) is 0 Å². The van der Waals surface area contributed by atoms with E-state index in [-0.39, 0.29) is 0 Å². The summed E-state index contributed by atoms with van der Waals surface area (Å²) < 4.78 is 16.8. The van der Waals surface area contributed by atoms with Crippen LogP contribution in [0.5, 0.6) is 0 Å². The number of hydrogen-bond donors (Lipinski definition) is 0. The summed E-state index contributed by atoms with van der Waals surface area (Å²) in [4.78, 5) is 0. The van der Waals surface area contributed by atoms with Crippen LogP contribution in [0.25, 0.3) is 259 Å². The van der Waals surface area contributed by atoms with Crippen LogP contribution < -0.4 is 0 Å². The summed E-state index contributed by atoms with van der Waals surface area (Å²) in [6.07, 6.45) is 0. The van der Waals surface area contributed by atoms with Crippen LogP contribution in [0.1, 0.15) is 0 Å². The second kappa shape index (κ2) is 34.9. The molecule has 0 bridgehead atoms. The summed E-state index contributed by atoms with van der Waals surface area (Å²) in [5.41, 5.74) is 39.7. The largest absolute Gasteiger partial charge is 0.309 e. The normalized spacial score (nSPS) is 11.7. The minimum Gasteiger partial charge on any atom is -0.309 e. The third-order valence-electron chi connectivity index (χ3n) is 29.7. The van der Waals surface area contributed by atoms with E-state index in [1.807, 2.05) is 0 Å². The molecule has 145 heavy (non-hydrogen) atoms. The lowest BCUT2D eigenvalue weighted by atomic mass is 9.98. The summed E-state index contributed by atoms with van der Waals surface area (Å²) in [5, 5.41) is 17.8. The van der Waals surface area contributed by atoms with Gasteiger partial charge in [-0.1, -0.05) is 358 Å². The molecule has 7 nitrogen and oxygen atoms in total. The Balaban J connectivity index is 0.000000107. The molecule has 0 saturated heterocycles. The molecule has 0 fully saturated rings. The number of benzene rings is 23. The van der Waals surface area contributed by atoms with Gasteiger partial charge < -0.3 is 32.0 Å². The van der Waals surface area contributed by atoms with E-state index in [9.17, 15) is 0 Å². The van der Waals surface area contributed by atoms with E-state index < -0.39 is 0 Å². The standard InChI is InChI=1S/C54H35N3.2C42H28N2/c1-4-14-40(15-5-1)55-49-22-12-10-20-43(49)45-32-36(24-28-51(45)55)38-26-30-53-47(34-38)48-35-39(27-31-54(48)57(53)42-18-8-3-9-19-42)37-25-29-52-46(33-37)44-21-11-13-23-50(44)56(52)41-16-6-2-7-17-41;1-3-11-29(12-4-1)31-19-23-33(24-20-31)43-37-17-9-7-15-35(37)41-39(43)27-28-40-42(41)36-16-8-10-18-38(36)44(40)34-25-21-32(22-26-34)30-13-5-2-6-14-30;1-3-11-29(12-4-1)30-19-21-31(22-20-30)32-23-25-34(26-24-32)44-38-18-10-8-16-36(38)42-40(44)28-27-39-41(42)35-15-7-9-17-37(35)43(39)33-13-5-2-6-14-33/h1-35H;2*1-28H. The van der Waals surface area contributed by atoms with Crippen molar-refractivity contribution >= 4 is 153 Å². The second-order valence-corrected chi connectivity index (χ2v) is 37.7. The third kappa shape index (κ3) is 14.1. The molecule has 7 heterocycles. The van der Waals surface area contributed by atoms with E-state index in [1.54, 1.807) is 0 Å². The molecule has 7 heteroatoms. The van der Waals surface area contributed by atoms with Gasteiger partial charge in [-0.05, 0) is 261 Å². The van der Waals surface area contributed by atoms with Crippen LogP contribution in [0.2, 0.25) is 0 Å². The van der Waals surface area contributed by atoms with Crippen molar-refractivity contribution in [1.29, 1.82) is 0 Å². The number of aromatic nitrogens is 7. The smallest absolute Gasteiger partial charge is 0.0548 e. The lowest BCUT2D eigenvalue weighted by molar-refractivity contribution is 1.17. The molecule has 0 N–H and O–H groups in total. The maximum Gasteiger partial charge on any atom is 0.0548 e. The molecule has 0 spiro atoms. The number of hydrogen-bond acceptors (Lipinski definition) is 0. The summed E-state index contributed by atoms with van der Waals surface area (Å²) in [6, 6.07) is 200. The Morgan fingerprint density at radius 1 is 0.0828 bits per heavy atom. The molecule has 678 valence electrons. The summed E-state index contributed by atoms with van der Waals surface area (Å²) >= 11 is 0. The molecule has 0 amide bonds. The predicted molar refractivity (Wildman–Crippen MR) is 612 cm³/mol. The molecule has 30 aromatic rings. The number of para-hydroxylation sites is 10. The Labute approximate surface area is 837 Å². The molecule has 0 unspecified atom stereocenters. The van der Waals surface area contributed by atoms with Crippen molar-refractivity contribution in [3.8, 4) is 107 Å². The van der Waals surface area contributed by atoms with Gasteiger partial charge >= 0.3 is 0 Å². The van der Waals surface area contributed by atoms with E-state index in [1.165, 1.54) is 236 Å². The molecule has 0 radical (unpaired) electrons. The Morgan fingerprint density at radius 3 is 0.448 bits per heavy atom. The van der Waals surface area contributed by atoms with Gasteiger partial charge in [0.15, 0.2) is 0 Å². The lowest BCUT2D eigenvalue weighted by Gasteiger charge is -2.11. The molecule has 0 saturated carbocycles. The Bertz CT molecular complexity index is 9850. The van der Waals surface area contributed by atoms with Gasteiger partial charge in [0.2, 0.25) is 0 Å². The average Bonchev–Trinajstić information content (AvgIpc) is 1.56. The zero-order valence-corrected chi connectivity index (χ0v) is 79.2. The Morgan fingerprint density at radius 2 is 0.221 bits per heavy atom. The first-order valence-electron chi connectivity index (χ1n) is 49.8. The maximum absolute atomic E-state index is 2.42. The van der Waals surface area contributed by atoms with E-state index in [0.29, 0.717) is 0 Å². The van der Waals surface area contributed by atoms with Crippen LogP contribution in [0.3, 0.4) is 0 Å². The lowest BCUT2D eigenvalue weighted by Crippen LogP contribution is -1.95. The molecule has 0 aliphatic carbocycles. The van der Waals surface area contributed by atoms with Crippen LogP contribution in [-0.4, -0.2) is 32.0 Å². The summed E-state index contributed by atoms with van der Waals surface area (Å²) in [7, 11) is 0. The fraction of sp³-hybridized carbons (Fsp3) is 0. The van der Waals surface area contributed by atoms with Crippen molar-refractivity contribution in [2.24, 2.45) is 0 Å². The molecular weight excluding hydrogens is 1760 g/mol. The minimum atomic E-state index is 1.16. The molecule has 0 aliphatic rings. The zero-order valence-electron chi connectivity index (χ0n) is 79.2. The fourth-order valence-electron chi connectivity index (χ4n) is 23.1. The highest BCUT2D eigenvalue weighted by molar-refractivity contribution is 6.31. The monoisotopic (exact) mass is 1850 g/mol. The fourth-order valence-corrected chi connectivity index (χ4v) is 23.1. The molecule has 30 rings (SSSR count). The quantitative estimate of drug-likeness (QED) is 0.110. The third-order valence-corrected chi connectivity index (χ3v) is 29.7. The van der Waals surface area contributed by atoms with Crippen LogP contribution in [0.15, 0.2) is 552 Å². The van der Waals surface area contributed by atoms with Gasteiger partial charge in [-0.15, -0.1) is 0 Å². The maximum atomic E-state index is 2.42. The van der Waals surface area contributed by atoms with Gasteiger partial charge in [0.25, 0.3) is 0 Å². The van der Waals surface area contributed by atoms with Crippen LogP contribution in [0, 0.1) is 0 Å². The van der Waals surface area contributed by atoms with Crippen molar-refractivity contribution < 1.29 is 0 Å². The van der Waals surface area contributed by atoms with Gasteiger partial charge in [-0.25, -0.2) is 0 Å².